The zero-order valence-corrected chi connectivity index (χ0v) is 13.5. The van der Waals surface area contributed by atoms with Gasteiger partial charge in [0, 0.05) is 30.9 Å². The average Bonchev–Trinajstić information content (AvgIpc) is 2.52. The summed E-state index contributed by atoms with van der Waals surface area (Å²) in [6.07, 6.45) is 6.16. The Morgan fingerprint density at radius 3 is 2.16 bits per heavy atom. The lowest BCUT2D eigenvalue weighted by atomic mass is 9.96. The largest absolute Gasteiger partial charge is 0.314 e. The van der Waals surface area contributed by atoms with Gasteiger partial charge in [0.05, 0.1) is 4.75 Å². The molecule has 0 aliphatic carbocycles. The number of piperidine rings is 1. The van der Waals surface area contributed by atoms with Gasteiger partial charge in [0.25, 0.3) is 0 Å². The van der Waals surface area contributed by atoms with E-state index in [0.717, 1.165) is 6.54 Å². The van der Waals surface area contributed by atoms with Gasteiger partial charge in [-0.15, -0.1) is 0 Å². The molecule has 0 saturated carbocycles. The Bertz CT molecular complexity index is 405. The maximum absolute atomic E-state index is 11.9. The molecular weight excluding hydrogens is 260 g/mol. The molecule has 2 fully saturated rings. The van der Waals surface area contributed by atoms with Gasteiger partial charge in [0.2, 0.25) is 0 Å². The van der Waals surface area contributed by atoms with Gasteiger partial charge in [0.15, 0.2) is 9.84 Å². The summed E-state index contributed by atoms with van der Waals surface area (Å²) < 4.78 is 23.1. The van der Waals surface area contributed by atoms with Gasteiger partial charge >= 0.3 is 0 Å². The smallest absolute Gasteiger partial charge is 0.153 e. The number of nitrogens with zero attached hydrogens (tertiary/aromatic N) is 1. The zero-order chi connectivity index (χ0) is 14.3. The van der Waals surface area contributed by atoms with Gasteiger partial charge in [-0.2, -0.15) is 0 Å². The first-order chi connectivity index (χ1) is 8.74. The van der Waals surface area contributed by atoms with Crippen LogP contribution >= 0.6 is 0 Å². The summed E-state index contributed by atoms with van der Waals surface area (Å²) in [4.78, 5) is 2.47. The zero-order valence-electron chi connectivity index (χ0n) is 12.6. The van der Waals surface area contributed by atoms with Crippen LogP contribution in [0.2, 0.25) is 0 Å². The fraction of sp³-hybridized carbons (Fsp3) is 1.00. The highest BCUT2D eigenvalue weighted by atomic mass is 32.2. The lowest BCUT2D eigenvalue weighted by Gasteiger charge is -2.42. The molecule has 1 N–H and O–H groups in total. The summed E-state index contributed by atoms with van der Waals surface area (Å²) in [5, 5.41) is 3.55. The maximum Gasteiger partial charge on any atom is 0.153 e. The van der Waals surface area contributed by atoms with Crippen molar-refractivity contribution in [3.8, 4) is 0 Å². The molecule has 2 atom stereocenters. The van der Waals surface area contributed by atoms with Crippen molar-refractivity contribution in [2.45, 2.75) is 69.3 Å². The maximum atomic E-state index is 11.9. The van der Waals surface area contributed by atoms with Crippen molar-refractivity contribution in [1.29, 1.82) is 0 Å². The fourth-order valence-electron chi connectivity index (χ4n) is 3.54. The molecule has 5 heteroatoms. The Labute approximate surface area is 117 Å². The van der Waals surface area contributed by atoms with Crippen LogP contribution in [0.15, 0.2) is 0 Å². The number of hydrogen-bond donors (Lipinski definition) is 1. The SMILES string of the molecule is CCNC1CC2CCC(C1)N2CC(C)(C)S(C)(=O)=O. The molecular formula is C14H28N2O2S. The van der Waals surface area contributed by atoms with Crippen LogP contribution < -0.4 is 5.32 Å². The van der Waals surface area contributed by atoms with Crippen molar-refractivity contribution in [2.75, 3.05) is 19.3 Å². The minimum Gasteiger partial charge on any atom is -0.314 e. The lowest BCUT2D eigenvalue weighted by molar-refractivity contribution is 0.108. The normalized spacial score (nSPS) is 32.7. The molecule has 2 bridgehead atoms. The molecule has 2 aliphatic rings. The molecule has 2 aliphatic heterocycles. The second-order valence-corrected chi connectivity index (χ2v) is 9.46. The standard InChI is InChI=1S/C14H28N2O2S/c1-5-15-11-8-12-6-7-13(9-11)16(12)10-14(2,3)19(4,17)18/h11-13,15H,5-10H2,1-4H3. The number of hydrogen-bond acceptors (Lipinski definition) is 4. The molecule has 112 valence electrons. The molecule has 0 aromatic carbocycles. The Kier molecular flexibility index (Phi) is 4.29. The number of nitrogens with one attached hydrogen (secondary N) is 1. The molecule has 0 spiro atoms. The predicted octanol–water partition coefficient (Wildman–Crippen LogP) is 1.41. The van der Waals surface area contributed by atoms with Gasteiger partial charge in [-0.05, 0) is 46.1 Å². The second-order valence-electron chi connectivity index (χ2n) is 6.82. The van der Waals surface area contributed by atoms with Crippen LogP contribution in [-0.4, -0.2) is 55.5 Å². The van der Waals surface area contributed by atoms with Crippen LogP contribution in [0.1, 0.15) is 46.5 Å². The summed E-state index contributed by atoms with van der Waals surface area (Å²) >= 11 is 0. The van der Waals surface area contributed by atoms with Crippen molar-refractivity contribution < 1.29 is 8.42 Å². The molecule has 2 unspecified atom stereocenters. The highest BCUT2D eigenvalue weighted by molar-refractivity contribution is 7.92. The summed E-state index contributed by atoms with van der Waals surface area (Å²) in [6, 6.07) is 1.77. The summed E-state index contributed by atoms with van der Waals surface area (Å²) in [7, 11) is -3.00. The predicted molar refractivity (Wildman–Crippen MR) is 79.1 cm³/mol. The highest BCUT2D eigenvalue weighted by Gasteiger charge is 2.44. The molecule has 19 heavy (non-hydrogen) atoms. The summed E-state index contributed by atoms with van der Waals surface area (Å²) in [6.45, 7) is 7.58. The first-order valence-corrected chi connectivity index (χ1v) is 9.32. The molecule has 2 heterocycles. The van der Waals surface area contributed by atoms with Crippen LogP contribution in [0.25, 0.3) is 0 Å². The number of rotatable bonds is 5. The van der Waals surface area contributed by atoms with Crippen molar-refractivity contribution >= 4 is 9.84 Å². The minimum absolute atomic E-state index is 0.573. The number of fused-ring (bicyclic) bond motifs is 2. The lowest BCUT2D eigenvalue weighted by Crippen LogP contribution is -2.54. The third-order valence-corrected chi connectivity index (χ3v) is 7.08. The third kappa shape index (κ3) is 3.14. The van der Waals surface area contributed by atoms with E-state index in [9.17, 15) is 8.42 Å². The molecule has 4 nitrogen and oxygen atoms in total. The van der Waals surface area contributed by atoms with Gasteiger partial charge in [-0.3, -0.25) is 4.90 Å². The number of sulfone groups is 1. The van der Waals surface area contributed by atoms with Gasteiger partial charge in [0.1, 0.15) is 0 Å². The van der Waals surface area contributed by atoms with E-state index >= 15 is 0 Å². The average molecular weight is 288 g/mol. The van der Waals surface area contributed by atoms with Crippen molar-refractivity contribution in [2.24, 2.45) is 0 Å². The van der Waals surface area contributed by atoms with Crippen LogP contribution in [0.3, 0.4) is 0 Å². The molecule has 0 amide bonds. The third-order valence-electron chi connectivity index (χ3n) is 4.94. The quantitative estimate of drug-likeness (QED) is 0.831. The molecule has 0 aromatic rings. The fourth-order valence-corrected chi connectivity index (χ4v) is 3.93. The summed E-state index contributed by atoms with van der Waals surface area (Å²) in [5.74, 6) is 0. The minimum atomic E-state index is -3.00. The van der Waals surface area contributed by atoms with Crippen molar-refractivity contribution in [1.82, 2.24) is 10.2 Å². The monoisotopic (exact) mass is 288 g/mol. The Balaban J connectivity index is 2.04. The van der Waals surface area contributed by atoms with E-state index in [1.807, 2.05) is 13.8 Å². The van der Waals surface area contributed by atoms with E-state index < -0.39 is 14.6 Å². The van der Waals surface area contributed by atoms with Crippen molar-refractivity contribution in [3.63, 3.8) is 0 Å². The van der Waals surface area contributed by atoms with E-state index in [2.05, 4.69) is 17.1 Å². The first-order valence-electron chi connectivity index (χ1n) is 7.43. The summed E-state index contributed by atoms with van der Waals surface area (Å²) in [5.41, 5.74) is 0. The highest BCUT2D eigenvalue weighted by Crippen LogP contribution is 2.37. The van der Waals surface area contributed by atoms with Crippen LogP contribution in [0.5, 0.6) is 0 Å². The Morgan fingerprint density at radius 1 is 1.21 bits per heavy atom. The second kappa shape index (κ2) is 5.34. The van der Waals surface area contributed by atoms with E-state index in [1.54, 1.807) is 0 Å². The van der Waals surface area contributed by atoms with E-state index in [4.69, 9.17) is 0 Å². The van der Waals surface area contributed by atoms with Crippen LogP contribution in [0.4, 0.5) is 0 Å². The topological polar surface area (TPSA) is 49.4 Å². The Morgan fingerprint density at radius 2 is 1.74 bits per heavy atom. The molecule has 2 rings (SSSR count). The van der Waals surface area contributed by atoms with Gasteiger partial charge in [-0.25, -0.2) is 8.42 Å². The molecule has 0 radical (unpaired) electrons. The molecule has 0 aromatic heterocycles. The van der Waals surface area contributed by atoms with Crippen molar-refractivity contribution in [3.05, 3.63) is 0 Å². The Hall–Kier alpha value is -0.130. The van der Waals surface area contributed by atoms with Gasteiger partial charge < -0.3 is 5.32 Å². The van der Waals surface area contributed by atoms with E-state index in [0.29, 0.717) is 24.7 Å². The van der Waals surface area contributed by atoms with E-state index in [1.165, 1.54) is 31.9 Å². The van der Waals surface area contributed by atoms with E-state index in [-0.39, 0.29) is 0 Å². The first kappa shape index (κ1) is 15.3. The molecule has 2 saturated heterocycles. The van der Waals surface area contributed by atoms with Crippen LogP contribution in [-0.2, 0) is 9.84 Å². The van der Waals surface area contributed by atoms with Crippen LogP contribution in [0, 0.1) is 0 Å². The van der Waals surface area contributed by atoms with Gasteiger partial charge in [-0.1, -0.05) is 6.92 Å².